The maximum Gasteiger partial charge on any atom is 0.225 e. The Morgan fingerprint density at radius 2 is 1.95 bits per heavy atom. The molecule has 3 N–H and O–H groups in total. The number of hydrogen-bond donors (Lipinski definition) is 3. The molecule has 1 saturated carbocycles. The number of rotatable bonds is 6. The van der Waals surface area contributed by atoms with Crippen molar-refractivity contribution in [3.05, 3.63) is 30.1 Å². The van der Waals surface area contributed by atoms with Crippen molar-refractivity contribution >= 4 is 11.6 Å². The Labute approximate surface area is 124 Å². The first kappa shape index (κ1) is 15.9. The molecule has 21 heavy (non-hydrogen) atoms. The van der Waals surface area contributed by atoms with Gasteiger partial charge in [-0.25, -0.2) is 4.39 Å². The van der Waals surface area contributed by atoms with Crippen molar-refractivity contribution in [1.29, 1.82) is 0 Å². The fraction of sp³-hybridized carbons (Fsp3) is 0.562. The number of carbonyl (C=O) groups is 1. The van der Waals surface area contributed by atoms with Gasteiger partial charge >= 0.3 is 0 Å². The van der Waals surface area contributed by atoms with Crippen LogP contribution in [0.15, 0.2) is 24.3 Å². The van der Waals surface area contributed by atoms with Crippen LogP contribution in [-0.4, -0.2) is 29.2 Å². The summed E-state index contributed by atoms with van der Waals surface area (Å²) in [6.45, 7) is 2.44. The van der Waals surface area contributed by atoms with Gasteiger partial charge in [-0.3, -0.25) is 4.79 Å². The summed E-state index contributed by atoms with van der Waals surface area (Å²) in [5.41, 5.74) is -0.0233. The molecule has 1 atom stereocenters. The zero-order chi connectivity index (χ0) is 15.3. The van der Waals surface area contributed by atoms with E-state index in [2.05, 4.69) is 10.6 Å². The van der Waals surface area contributed by atoms with Crippen LogP contribution in [0.5, 0.6) is 0 Å². The van der Waals surface area contributed by atoms with Crippen LogP contribution in [0.3, 0.4) is 0 Å². The third-order valence-electron chi connectivity index (χ3n) is 3.93. The molecule has 1 aromatic rings. The van der Waals surface area contributed by atoms with E-state index in [-0.39, 0.29) is 17.8 Å². The van der Waals surface area contributed by atoms with Crippen molar-refractivity contribution in [2.45, 2.75) is 50.7 Å². The molecule has 0 radical (unpaired) electrons. The molecule has 1 aliphatic rings. The summed E-state index contributed by atoms with van der Waals surface area (Å²) >= 11 is 0. The van der Waals surface area contributed by atoms with Crippen molar-refractivity contribution < 1.29 is 14.3 Å². The highest BCUT2D eigenvalue weighted by molar-refractivity contribution is 5.91. The highest BCUT2D eigenvalue weighted by Crippen LogP contribution is 2.28. The van der Waals surface area contributed by atoms with E-state index in [0.29, 0.717) is 18.7 Å². The van der Waals surface area contributed by atoms with Gasteiger partial charge in [0, 0.05) is 24.7 Å². The van der Waals surface area contributed by atoms with Gasteiger partial charge in [0.1, 0.15) is 5.82 Å². The first-order valence-electron chi connectivity index (χ1n) is 7.48. The monoisotopic (exact) mass is 294 g/mol. The van der Waals surface area contributed by atoms with Crippen molar-refractivity contribution in [1.82, 2.24) is 5.32 Å². The first-order chi connectivity index (χ1) is 9.97. The Balaban J connectivity index is 1.72. The number of anilines is 1. The average molecular weight is 294 g/mol. The minimum Gasteiger partial charge on any atom is -0.389 e. The molecule has 1 aromatic carbocycles. The van der Waals surface area contributed by atoms with Gasteiger partial charge in [-0.15, -0.1) is 0 Å². The number of halogens is 1. The lowest BCUT2D eigenvalue weighted by molar-refractivity contribution is -0.116. The Hall–Kier alpha value is -1.46. The largest absolute Gasteiger partial charge is 0.389 e. The third kappa shape index (κ3) is 5.10. The van der Waals surface area contributed by atoms with E-state index in [1.807, 2.05) is 6.92 Å². The minimum absolute atomic E-state index is 0.0185. The van der Waals surface area contributed by atoms with Crippen LogP contribution in [0.2, 0.25) is 0 Å². The Kier molecular flexibility index (Phi) is 5.31. The molecular formula is C16H23FN2O2. The Morgan fingerprint density at radius 3 is 2.57 bits per heavy atom. The SMILES string of the molecule is CC(CC(=O)Nc1ccc(F)cc1)NCC1(O)CCCC1. The van der Waals surface area contributed by atoms with E-state index in [1.165, 1.54) is 24.3 Å². The fourth-order valence-corrected chi connectivity index (χ4v) is 2.67. The molecule has 1 aliphatic carbocycles. The smallest absolute Gasteiger partial charge is 0.225 e. The number of nitrogens with one attached hydrogen (secondary N) is 2. The van der Waals surface area contributed by atoms with E-state index in [9.17, 15) is 14.3 Å². The minimum atomic E-state index is -0.609. The predicted octanol–water partition coefficient (Wildman–Crippen LogP) is 2.44. The summed E-state index contributed by atoms with van der Waals surface area (Å²) < 4.78 is 12.8. The van der Waals surface area contributed by atoms with Gasteiger partial charge in [-0.05, 0) is 44.0 Å². The Morgan fingerprint density at radius 1 is 1.33 bits per heavy atom. The molecule has 0 aliphatic heterocycles. The molecule has 0 spiro atoms. The van der Waals surface area contributed by atoms with Crippen LogP contribution in [0, 0.1) is 5.82 Å². The van der Waals surface area contributed by atoms with Gasteiger partial charge in [0.05, 0.1) is 5.60 Å². The van der Waals surface area contributed by atoms with Crippen LogP contribution in [0.25, 0.3) is 0 Å². The first-order valence-corrected chi connectivity index (χ1v) is 7.48. The molecule has 0 saturated heterocycles. The topological polar surface area (TPSA) is 61.4 Å². The van der Waals surface area contributed by atoms with Crippen molar-refractivity contribution in [2.24, 2.45) is 0 Å². The van der Waals surface area contributed by atoms with Crippen molar-refractivity contribution in [2.75, 3.05) is 11.9 Å². The second-order valence-corrected chi connectivity index (χ2v) is 5.97. The summed E-state index contributed by atoms with van der Waals surface area (Å²) in [5, 5.41) is 16.2. The molecule has 2 rings (SSSR count). The molecule has 4 nitrogen and oxygen atoms in total. The molecule has 0 bridgehead atoms. The fourth-order valence-electron chi connectivity index (χ4n) is 2.67. The van der Waals surface area contributed by atoms with Crippen LogP contribution in [-0.2, 0) is 4.79 Å². The van der Waals surface area contributed by atoms with Gasteiger partial charge in [0.25, 0.3) is 0 Å². The quantitative estimate of drug-likeness (QED) is 0.755. The van der Waals surface area contributed by atoms with Crippen molar-refractivity contribution in [3.8, 4) is 0 Å². The number of benzene rings is 1. The van der Waals surface area contributed by atoms with Crippen LogP contribution in [0.4, 0.5) is 10.1 Å². The lowest BCUT2D eigenvalue weighted by atomic mass is 10.0. The highest BCUT2D eigenvalue weighted by Gasteiger charge is 2.31. The summed E-state index contributed by atoms with van der Waals surface area (Å²) in [5.74, 6) is -0.451. The number of carbonyl (C=O) groups excluding carboxylic acids is 1. The van der Waals surface area contributed by atoms with E-state index in [0.717, 1.165) is 25.7 Å². The zero-order valence-electron chi connectivity index (χ0n) is 12.4. The molecule has 5 heteroatoms. The molecule has 0 aromatic heterocycles. The third-order valence-corrected chi connectivity index (χ3v) is 3.93. The van der Waals surface area contributed by atoms with Gasteiger partial charge in [0.15, 0.2) is 0 Å². The standard InChI is InChI=1S/C16H23FN2O2/c1-12(18-11-16(21)8-2-3-9-16)10-15(20)19-14-6-4-13(17)5-7-14/h4-7,12,18,21H,2-3,8-11H2,1H3,(H,19,20). The summed E-state index contributed by atoms with van der Waals surface area (Å²) in [4.78, 5) is 11.9. The zero-order valence-corrected chi connectivity index (χ0v) is 12.4. The second-order valence-electron chi connectivity index (χ2n) is 5.97. The maximum atomic E-state index is 12.8. The number of amides is 1. The van der Waals surface area contributed by atoms with E-state index < -0.39 is 5.60 Å². The molecular weight excluding hydrogens is 271 g/mol. The molecule has 1 amide bonds. The maximum absolute atomic E-state index is 12.8. The van der Waals surface area contributed by atoms with Crippen LogP contribution < -0.4 is 10.6 Å². The van der Waals surface area contributed by atoms with Gasteiger partial charge in [-0.1, -0.05) is 12.8 Å². The second kappa shape index (κ2) is 7.00. The number of hydrogen-bond acceptors (Lipinski definition) is 3. The van der Waals surface area contributed by atoms with Crippen molar-refractivity contribution in [3.63, 3.8) is 0 Å². The normalized spacial score (nSPS) is 18.4. The molecule has 1 unspecified atom stereocenters. The summed E-state index contributed by atoms with van der Waals surface area (Å²) in [6, 6.07) is 5.67. The lowest BCUT2D eigenvalue weighted by Gasteiger charge is -2.25. The molecule has 1 fully saturated rings. The van der Waals surface area contributed by atoms with Gasteiger partial charge in [-0.2, -0.15) is 0 Å². The van der Waals surface area contributed by atoms with Gasteiger partial charge < -0.3 is 15.7 Å². The molecule has 116 valence electrons. The van der Waals surface area contributed by atoms with Crippen LogP contribution in [0.1, 0.15) is 39.0 Å². The summed E-state index contributed by atoms with van der Waals surface area (Å²) in [6.07, 6.45) is 4.10. The molecule has 0 heterocycles. The lowest BCUT2D eigenvalue weighted by Crippen LogP contribution is -2.42. The van der Waals surface area contributed by atoms with E-state index in [1.54, 1.807) is 0 Å². The highest BCUT2D eigenvalue weighted by atomic mass is 19.1. The van der Waals surface area contributed by atoms with Crippen LogP contribution >= 0.6 is 0 Å². The van der Waals surface area contributed by atoms with Gasteiger partial charge in [0.2, 0.25) is 5.91 Å². The average Bonchev–Trinajstić information content (AvgIpc) is 2.87. The Bertz CT molecular complexity index is 470. The predicted molar refractivity (Wildman–Crippen MR) is 80.5 cm³/mol. The summed E-state index contributed by atoms with van der Waals surface area (Å²) in [7, 11) is 0. The number of aliphatic hydroxyl groups is 1. The van der Waals surface area contributed by atoms with E-state index in [4.69, 9.17) is 0 Å². The van der Waals surface area contributed by atoms with E-state index >= 15 is 0 Å².